The lowest BCUT2D eigenvalue weighted by molar-refractivity contribution is -0.159. The van der Waals surface area contributed by atoms with Crippen LogP contribution in [0.25, 0.3) is 11.0 Å². The molecule has 0 N–H and O–H groups in total. The van der Waals surface area contributed by atoms with E-state index in [1.165, 1.54) is 49.6 Å². The van der Waals surface area contributed by atoms with Crippen molar-refractivity contribution in [2.45, 2.75) is 50.7 Å². The summed E-state index contributed by atoms with van der Waals surface area (Å²) in [5.41, 5.74) is -1.31. The third-order valence-electron chi connectivity index (χ3n) is 4.94. The molecule has 0 aliphatic heterocycles. The van der Waals surface area contributed by atoms with Crippen molar-refractivity contribution in [1.82, 2.24) is 8.54 Å². The molecule has 10 heteroatoms. The number of benzene rings is 2. The molecule has 0 saturated heterocycles. The standard InChI is InChI=1S/C23H25N3O6S/c1-6-18(21(27)32-23(2,3)4)25-20-13-15(14-24)7-12-19(20)26(22(25)28)33(29,30)17-10-8-16(31-5)9-11-17/h7-13,18H,6H2,1-5H3. The predicted molar refractivity (Wildman–Crippen MR) is 122 cm³/mol. The summed E-state index contributed by atoms with van der Waals surface area (Å²) < 4.78 is 39.2. The van der Waals surface area contributed by atoms with Gasteiger partial charge in [0, 0.05) is 0 Å². The van der Waals surface area contributed by atoms with Gasteiger partial charge in [-0.1, -0.05) is 6.92 Å². The summed E-state index contributed by atoms with van der Waals surface area (Å²) in [4.78, 5) is 26.3. The smallest absolute Gasteiger partial charge is 0.344 e. The van der Waals surface area contributed by atoms with E-state index in [-0.39, 0.29) is 27.9 Å². The van der Waals surface area contributed by atoms with Gasteiger partial charge in [-0.2, -0.15) is 9.23 Å². The minimum absolute atomic E-state index is 0.0526. The van der Waals surface area contributed by atoms with Crippen molar-refractivity contribution in [3.05, 3.63) is 58.5 Å². The second-order valence-electron chi connectivity index (χ2n) is 8.37. The Morgan fingerprint density at radius 2 is 1.76 bits per heavy atom. The van der Waals surface area contributed by atoms with Crippen LogP contribution >= 0.6 is 0 Å². The first-order valence-electron chi connectivity index (χ1n) is 10.2. The van der Waals surface area contributed by atoms with Gasteiger partial charge in [-0.3, -0.25) is 4.57 Å². The fourth-order valence-corrected chi connectivity index (χ4v) is 4.87. The molecule has 0 fully saturated rings. The van der Waals surface area contributed by atoms with Crippen molar-refractivity contribution in [2.24, 2.45) is 0 Å². The fourth-order valence-electron chi connectivity index (χ4n) is 3.47. The number of carbonyl (C=O) groups excluding carboxylic acids is 1. The number of rotatable bonds is 6. The van der Waals surface area contributed by atoms with E-state index in [9.17, 15) is 23.3 Å². The molecule has 9 nitrogen and oxygen atoms in total. The van der Waals surface area contributed by atoms with Crippen LogP contribution in [0, 0.1) is 11.3 Å². The quantitative estimate of drug-likeness (QED) is 0.506. The van der Waals surface area contributed by atoms with Gasteiger partial charge in [0.25, 0.3) is 10.0 Å². The van der Waals surface area contributed by atoms with Gasteiger partial charge in [0.2, 0.25) is 0 Å². The van der Waals surface area contributed by atoms with E-state index in [0.717, 1.165) is 4.57 Å². The number of hydrogen-bond acceptors (Lipinski definition) is 7. The maximum absolute atomic E-state index is 13.5. The fraction of sp³-hybridized carbons (Fsp3) is 0.348. The average Bonchev–Trinajstić information content (AvgIpc) is 3.05. The lowest BCUT2D eigenvalue weighted by Crippen LogP contribution is -2.36. The number of fused-ring (bicyclic) bond motifs is 1. The minimum Gasteiger partial charge on any atom is -0.497 e. The maximum atomic E-state index is 13.5. The molecule has 174 valence electrons. The highest BCUT2D eigenvalue weighted by Gasteiger charge is 2.32. The van der Waals surface area contributed by atoms with Crippen molar-refractivity contribution >= 4 is 27.0 Å². The second kappa shape index (κ2) is 8.75. The molecule has 0 amide bonds. The molecule has 3 rings (SSSR count). The van der Waals surface area contributed by atoms with Gasteiger partial charge in [0.15, 0.2) is 0 Å². The Hall–Kier alpha value is -3.58. The lowest BCUT2D eigenvalue weighted by Gasteiger charge is -2.24. The Kier molecular flexibility index (Phi) is 6.38. The molecule has 1 heterocycles. The molecule has 2 aromatic carbocycles. The Morgan fingerprint density at radius 3 is 2.27 bits per heavy atom. The molecule has 0 spiro atoms. The van der Waals surface area contributed by atoms with Gasteiger partial charge in [-0.25, -0.2) is 18.0 Å². The largest absolute Gasteiger partial charge is 0.497 e. The van der Waals surface area contributed by atoms with E-state index in [1.807, 2.05) is 6.07 Å². The summed E-state index contributed by atoms with van der Waals surface area (Å²) in [6.07, 6.45) is 0.174. The van der Waals surface area contributed by atoms with Gasteiger partial charge in [-0.15, -0.1) is 0 Å². The molecule has 0 aliphatic carbocycles. The molecule has 0 bridgehead atoms. The van der Waals surface area contributed by atoms with Crippen LogP contribution < -0.4 is 10.4 Å². The first-order chi connectivity index (χ1) is 15.4. The summed E-state index contributed by atoms with van der Waals surface area (Å²) in [6, 6.07) is 10.7. The monoisotopic (exact) mass is 471 g/mol. The molecule has 0 aliphatic rings. The van der Waals surface area contributed by atoms with E-state index >= 15 is 0 Å². The van der Waals surface area contributed by atoms with Crippen LogP contribution in [0.2, 0.25) is 0 Å². The number of imidazole rings is 1. The number of esters is 1. The van der Waals surface area contributed by atoms with Gasteiger partial charge in [-0.05, 0) is 69.7 Å². The van der Waals surface area contributed by atoms with Crippen LogP contribution in [0.1, 0.15) is 45.7 Å². The van der Waals surface area contributed by atoms with Crippen LogP contribution in [0.4, 0.5) is 0 Å². The van der Waals surface area contributed by atoms with Crippen LogP contribution in [-0.4, -0.2) is 35.6 Å². The number of nitriles is 1. The minimum atomic E-state index is -4.33. The van der Waals surface area contributed by atoms with Gasteiger partial charge in [0.05, 0.1) is 34.7 Å². The average molecular weight is 472 g/mol. The van der Waals surface area contributed by atoms with Crippen molar-refractivity contribution in [3.63, 3.8) is 0 Å². The normalized spacial score (nSPS) is 12.8. The Labute approximate surface area is 191 Å². The molecule has 1 unspecified atom stereocenters. The molecule has 0 saturated carbocycles. The zero-order chi connectivity index (χ0) is 24.6. The summed E-state index contributed by atoms with van der Waals surface area (Å²) in [7, 11) is -2.88. The van der Waals surface area contributed by atoms with Crippen LogP contribution in [0.15, 0.2) is 52.2 Å². The highest BCUT2D eigenvalue weighted by molar-refractivity contribution is 7.90. The number of ether oxygens (including phenoxy) is 2. The van der Waals surface area contributed by atoms with Crippen LogP contribution in [0.3, 0.4) is 0 Å². The molecular formula is C23H25N3O6S. The maximum Gasteiger partial charge on any atom is 0.344 e. The summed E-state index contributed by atoms with van der Waals surface area (Å²) in [5.74, 6) is -0.214. The predicted octanol–water partition coefficient (Wildman–Crippen LogP) is 3.21. The first-order valence-corrected chi connectivity index (χ1v) is 11.7. The molecule has 1 atom stereocenters. The van der Waals surface area contributed by atoms with E-state index in [1.54, 1.807) is 27.7 Å². The van der Waals surface area contributed by atoms with Crippen molar-refractivity contribution in [3.8, 4) is 11.8 Å². The topological polar surface area (TPSA) is 120 Å². The van der Waals surface area contributed by atoms with E-state index < -0.39 is 33.3 Å². The summed E-state index contributed by atoms with van der Waals surface area (Å²) >= 11 is 0. The number of carbonyl (C=O) groups is 1. The van der Waals surface area contributed by atoms with Gasteiger partial charge < -0.3 is 9.47 Å². The Balaban J connectivity index is 2.32. The lowest BCUT2D eigenvalue weighted by atomic mass is 10.1. The van der Waals surface area contributed by atoms with Crippen molar-refractivity contribution in [1.29, 1.82) is 5.26 Å². The first kappa shape index (κ1) is 24.1. The molecule has 0 radical (unpaired) electrons. The summed E-state index contributed by atoms with van der Waals surface area (Å²) in [5, 5.41) is 9.34. The number of hydrogen-bond donors (Lipinski definition) is 0. The second-order valence-corrected chi connectivity index (χ2v) is 10.2. The van der Waals surface area contributed by atoms with Gasteiger partial charge >= 0.3 is 11.7 Å². The zero-order valence-corrected chi connectivity index (χ0v) is 19.8. The van der Waals surface area contributed by atoms with E-state index in [2.05, 4.69) is 0 Å². The molecule has 33 heavy (non-hydrogen) atoms. The van der Waals surface area contributed by atoms with E-state index in [4.69, 9.17) is 9.47 Å². The SMILES string of the molecule is CCC(C(=O)OC(C)(C)C)n1c(=O)n(S(=O)(=O)c2ccc(OC)cc2)c2ccc(C#N)cc21. The summed E-state index contributed by atoms with van der Waals surface area (Å²) in [6.45, 7) is 6.79. The van der Waals surface area contributed by atoms with Crippen molar-refractivity contribution < 1.29 is 22.7 Å². The molecule has 3 aromatic rings. The zero-order valence-electron chi connectivity index (χ0n) is 19.0. The van der Waals surface area contributed by atoms with E-state index in [0.29, 0.717) is 9.72 Å². The third-order valence-corrected chi connectivity index (χ3v) is 6.64. The molecular weight excluding hydrogens is 446 g/mol. The highest BCUT2D eigenvalue weighted by Crippen LogP contribution is 2.27. The number of nitrogens with zero attached hydrogens (tertiary/aromatic N) is 3. The van der Waals surface area contributed by atoms with Crippen LogP contribution in [0.5, 0.6) is 5.75 Å². The Bertz CT molecular complexity index is 1400. The Morgan fingerprint density at radius 1 is 1.12 bits per heavy atom. The number of methoxy groups -OCH3 is 1. The van der Waals surface area contributed by atoms with Crippen molar-refractivity contribution in [2.75, 3.05) is 7.11 Å². The highest BCUT2D eigenvalue weighted by atomic mass is 32.2. The number of aromatic nitrogens is 2. The van der Waals surface area contributed by atoms with Crippen LogP contribution in [-0.2, 0) is 19.6 Å². The molecule has 1 aromatic heterocycles. The van der Waals surface area contributed by atoms with Gasteiger partial charge in [0.1, 0.15) is 17.4 Å². The third kappa shape index (κ3) is 4.50.